The number of ether oxygens (including phenoxy) is 2. The largest absolute Gasteiger partial charge is 0.377 e. The first-order valence-corrected chi connectivity index (χ1v) is 6.19. The fraction of sp³-hybridized carbons (Fsp3) is 0.833. The molecule has 0 aliphatic heterocycles. The smallest absolute Gasteiger partial charge is 0.258 e. The van der Waals surface area contributed by atoms with E-state index in [1.165, 1.54) is 0 Å². The van der Waals surface area contributed by atoms with Gasteiger partial charge in [-0.3, -0.25) is 0 Å². The van der Waals surface area contributed by atoms with Gasteiger partial charge < -0.3 is 19.7 Å². The van der Waals surface area contributed by atoms with Crippen LogP contribution >= 0.6 is 0 Å². The van der Waals surface area contributed by atoms with Crippen LogP contribution in [-0.2, 0) is 15.1 Å². The molecule has 0 aliphatic carbocycles. The molecule has 6 nitrogen and oxygen atoms in total. The summed E-state index contributed by atoms with van der Waals surface area (Å²) >= 11 is 0. The normalized spacial score (nSPS) is 16.8. The standard InChI is InChI=1S/C12H23N3O3/c1-6-12(4,16-5)11-14-10(15-18-11)9(13)7-17-8(2)3/h8-9H,6-7,13H2,1-5H3. The van der Waals surface area contributed by atoms with Crippen LogP contribution in [0.2, 0.25) is 0 Å². The molecule has 1 aromatic rings. The number of methoxy groups -OCH3 is 1. The van der Waals surface area contributed by atoms with E-state index in [-0.39, 0.29) is 12.1 Å². The lowest BCUT2D eigenvalue weighted by molar-refractivity contribution is -0.0272. The number of nitrogens with zero attached hydrogens (tertiary/aromatic N) is 2. The van der Waals surface area contributed by atoms with Gasteiger partial charge in [-0.1, -0.05) is 12.1 Å². The first kappa shape index (κ1) is 15.1. The van der Waals surface area contributed by atoms with E-state index < -0.39 is 5.60 Å². The van der Waals surface area contributed by atoms with Crippen molar-refractivity contribution in [3.8, 4) is 0 Å². The van der Waals surface area contributed by atoms with Crippen molar-refractivity contribution in [3.05, 3.63) is 11.7 Å². The maximum Gasteiger partial charge on any atom is 0.258 e. The Kier molecular flexibility index (Phi) is 5.25. The molecule has 0 saturated heterocycles. The molecule has 1 aromatic heterocycles. The molecule has 104 valence electrons. The Hall–Kier alpha value is -0.980. The highest BCUT2D eigenvalue weighted by molar-refractivity contribution is 5.00. The molecule has 0 bridgehead atoms. The van der Waals surface area contributed by atoms with E-state index in [9.17, 15) is 0 Å². The molecule has 0 amide bonds. The summed E-state index contributed by atoms with van der Waals surface area (Å²) in [7, 11) is 1.62. The van der Waals surface area contributed by atoms with Crippen LogP contribution in [0.25, 0.3) is 0 Å². The van der Waals surface area contributed by atoms with Crippen molar-refractivity contribution in [2.45, 2.75) is 51.9 Å². The molecule has 0 aromatic carbocycles. The van der Waals surface area contributed by atoms with Crippen molar-refractivity contribution >= 4 is 0 Å². The third kappa shape index (κ3) is 3.51. The lowest BCUT2D eigenvalue weighted by Crippen LogP contribution is -2.24. The fourth-order valence-corrected chi connectivity index (χ4v) is 1.35. The van der Waals surface area contributed by atoms with Gasteiger partial charge in [0.2, 0.25) is 0 Å². The third-order valence-electron chi connectivity index (χ3n) is 2.96. The first-order chi connectivity index (χ1) is 8.42. The van der Waals surface area contributed by atoms with Gasteiger partial charge in [0, 0.05) is 7.11 Å². The van der Waals surface area contributed by atoms with Crippen LogP contribution in [0.4, 0.5) is 0 Å². The minimum absolute atomic E-state index is 0.127. The van der Waals surface area contributed by atoms with Crippen LogP contribution in [-0.4, -0.2) is 30.0 Å². The summed E-state index contributed by atoms with van der Waals surface area (Å²) in [6.45, 7) is 8.17. The number of rotatable bonds is 7. The van der Waals surface area contributed by atoms with E-state index in [0.717, 1.165) is 6.42 Å². The van der Waals surface area contributed by atoms with Gasteiger partial charge in [0.25, 0.3) is 5.89 Å². The summed E-state index contributed by atoms with van der Waals surface area (Å²) in [6, 6.07) is -0.386. The minimum Gasteiger partial charge on any atom is -0.377 e. The van der Waals surface area contributed by atoms with Crippen LogP contribution in [0.15, 0.2) is 4.52 Å². The topological polar surface area (TPSA) is 83.4 Å². The number of hydrogen-bond donors (Lipinski definition) is 1. The predicted octanol–water partition coefficient (Wildman–Crippen LogP) is 1.77. The summed E-state index contributed by atoms with van der Waals surface area (Å²) in [5, 5.41) is 3.88. The van der Waals surface area contributed by atoms with E-state index in [1.54, 1.807) is 7.11 Å². The van der Waals surface area contributed by atoms with Gasteiger partial charge in [-0.25, -0.2) is 0 Å². The van der Waals surface area contributed by atoms with Crippen molar-refractivity contribution < 1.29 is 14.0 Å². The van der Waals surface area contributed by atoms with Crippen LogP contribution in [0.1, 0.15) is 51.9 Å². The van der Waals surface area contributed by atoms with Crippen molar-refractivity contribution in [1.82, 2.24) is 10.1 Å². The van der Waals surface area contributed by atoms with Crippen LogP contribution in [0.3, 0.4) is 0 Å². The molecule has 0 saturated carbocycles. The first-order valence-electron chi connectivity index (χ1n) is 6.19. The van der Waals surface area contributed by atoms with Crippen LogP contribution < -0.4 is 5.73 Å². The van der Waals surface area contributed by atoms with E-state index in [0.29, 0.717) is 18.3 Å². The Labute approximate surface area is 108 Å². The number of aromatic nitrogens is 2. The second kappa shape index (κ2) is 6.26. The Morgan fingerprint density at radius 3 is 2.61 bits per heavy atom. The van der Waals surface area contributed by atoms with Gasteiger partial charge in [0.15, 0.2) is 5.82 Å². The van der Waals surface area contributed by atoms with Crippen molar-refractivity contribution in [2.75, 3.05) is 13.7 Å². The van der Waals surface area contributed by atoms with Crippen molar-refractivity contribution in [3.63, 3.8) is 0 Å². The Morgan fingerprint density at radius 2 is 2.11 bits per heavy atom. The maximum atomic E-state index is 5.93. The average molecular weight is 257 g/mol. The van der Waals surface area contributed by atoms with Gasteiger partial charge in [0.1, 0.15) is 5.60 Å². The molecule has 2 N–H and O–H groups in total. The molecule has 0 aliphatic rings. The summed E-state index contributed by atoms with van der Waals surface area (Å²) in [5.41, 5.74) is 5.37. The fourth-order valence-electron chi connectivity index (χ4n) is 1.35. The average Bonchev–Trinajstić information content (AvgIpc) is 2.85. The molecular weight excluding hydrogens is 234 g/mol. The Balaban J connectivity index is 2.73. The van der Waals surface area contributed by atoms with Crippen LogP contribution in [0.5, 0.6) is 0 Å². The van der Waals surface area contributed by atoms with Crippen LogP contribution in [0, 0.1) is 0 Å². The molecule has 6 heteroatoms. The van der Waals surface area contributed by atoms with E-state index >= 15 is 0 Å². The SMILES string of the molecule is CCC(C)(OC)c1nc(C(N)COC(C)C)no1. The van der Waals surface area contributed by atoms with Gasteiger partial charge in [-0.15, -0.1) is 0 Å². The van der Waals surface area contributed by atoms with E-state index in [1.807, 2.05) is 27.7 Å². The Bertz CT molecular complexity index is 361. The summed E-state index contributed by atoms with van der Waals surface area (Å²) < 4.78 is 16.0. The zero-order valence-electron chi connectivity index (χ0n) is 11.8. The number of nitrogens with two attached hydrogens (primary N) is 1. The number of hydrogen-bond acceptors (Lipinski definition) is 6. The van der Waals surface area contributed by atoms with Gasteiger partial charge >= 0.3 is 0 Å². The highest BCUT2D eigenvalue weighted by Crippen LogP contribution is 2.27. The van der Waals surface area contributed by atoms with Gasteiger partial charge in [0.05, 0.1) is 18.8 Å². The molecule has 2 unspecified atom stereocenters. The quantitative estimate of drug-likeness (QED) is 0.801. The zero-order valence-corrected chi connectivity index (χ0v) is 11.8. The summed E-state index contributed by atoms with van der Waals surface area (Å²) in [6.07, 6.45) is 0.866. The van der Waals surface area contributed by atoms with Gasteiger partial charge in [-0.05, 0) is 27.2 Å². The molecule has 18 heavy (non-hydrogen) atoms. The highest BCUT2D eigenvalue weighted by atomic mass is 16.5. The Morgan fingerprint density at radius 1 is 1.44 bits per heavy atom. The monoisotopic (exact) mass is 257 g/mol. The highest BCUT2D eigenvalue weighted by Gasteiger charge is 2.31. The summed E-state index contributed by atoms with van der Waals surface area (Å²) in [5.74, 6) is 0.893. The lowest BCUT2D eigenvalue weighted by atomic mass is 10.0. The second-order valence-electron chi connectivity index (χ2n) is 4.73. The maximum absolute atomic E-state index is 5.93. The van der Waals surface area contributed by atoms with E-state index in [4.69, 9.17) is 19.7 Å². The van der Waals surface area contributed by atoms with E-state index in [2.05, 4.69) is 10.1 Å². The molecule has 0 fully saturated rings. The molecule has 2 atom stereocenters. The molecule has 0 radical (unpaired) electrons. The molecular formula is C12H23N3O3. The predicted molar refractivity (Wildman–Crippen MR) is 67.0 cm³/mol. The molecule has 1 rings (SSSR count). The lowest BCUT2D eigenvalue weighted by Gasteiger charge is -2.21. The second-order valence-corrected chi connectivity index (χ2v) is 4.73. The third-order valence-corrected chi connectivity index (χ3v) is 2.96. The summed E-state index contributed by atoms with van der Waals surface area (Å²) in [4.78, 5) is 4.29. The van der Waals surface area contributed by atoms with Gasteiger partial charge in [-0.2, -0.15) is 4.98 Å². The van der Waals surface area contributed by atoms with Crippen molar-refractivity contribution in [1.29, 1.82) is 0 Å². The minimum atomic E-state index is -0.566. The molecule has 1 heterocycles. The molecule has 0 spiro atoms. The van der Waals surface area contributed by atoms with Crippen molar-refractivity contribution in [2.24, 2.45) is 5.73 Å². The zero-order chi connectivity index (χ0) is 13.8.